The molecule has 0 saturated carbocycles. The number of H-pyrrole nitrogens is 1. The molecule has 6 heteroatoms. The fraction of sp³-hybridized carbons (Fsp3) is 0.231. The number of esters is 1. The van der Waals surface area contributed by atoms with Crippen molar-refractivity contribution in [2.24, 2.45) is 0 Å². The number of carbonyl (C=O) groups excluding carboxylic acids is 2. The van der Waals surface area contributed by atoms with Crippen LogP contribution in [0.25, 0.3) is 10.9 Å². The molecule has 0 saturated heterocycles. The molecule has 0 aliphatic carbocycles. The van der Waals surface area contributed by atoms with Gasteiger partial charge in [0.05, 0.1) is 0 Å². The van der Waals surface area contributed by atoms with E-state index in [1.165, 1.54) is 7.11 Å². The summed E-state index contributed by atoms with van der Waals surface area (Å²) in [6.45, 7) is 1.63. The first-order valence-electron chi connectivity index (χ1n) is 5.71. The highest BCUT2D eigenvalue weighted by atomic mass is 16.7. The van der Waals surface area contributed by atoms with Crippen molar-refractivity contribution in [1.82, 2.24) is 4.98 Å². The molecule has 0 spiro atoms. The van der Waals surface area contributed by atoms with E-state index in [-0.39, 0.29) is 0 Å². The summed E-state index contributed by atoms with van der Waals surface area (Å²) >= 11 is 0. The molecule has 1 heterocycles. The largest absolute Gasteiger partial charge is 0.431 e. The number of anilines is 1. The predicted octanol–water partition coefficient (Wildman–Crippen LogP) is 1.89. The maximum absolute atomic E-state index is 11.8. The Morgan fingerprint density at radius 3 is 2.89 bits per heavy atom. The molecule has 1 aromatic heterocycles. The molecule has 1 aromatic carbocycles. The average molecular weight is 262 g/mol. The van der Waals surface area contributed by atoms with Crippen molar-refractivity contribution in [3.8, 4) is 0 Å². The van der Waals surface area contributed by atoms with Gasteiger partial charge in [-0.2, -0.15) is 0 Å². The van der Waals surface area contributed by atoms with Gasteiger partial charge in [-0.1, -0.05) is 0 Å². The van der Waals surface area contributed by atoms with Crippen LogP contribution in [0.2, 0.25) is 0 Å². The maximum Gasteiger partial charge on any atom is 0.357 e. The topological polar surface area (TPSA) is 80.4 Å². The molecule has 0 fully saturated rings. The second-order valence-electron chi connectivity index (χ2n) is 3.96. The number of fused-ring (bicyclic) bond motifs is 1. The number of aromatic nitrogens is 1. The van der Waals surface area contributed by atoms with Crippen LogP contribution in [0.5, 0.6) is 0 Å². The fourth-order valence-electron chi connectivity index (χ4n) is 1.66. The molecule has 100 valence electrons. The van der Waals surface area contributed by atoms with Crippen LogP contribution in [0.3, 0.4) is 0 Å². The Kier molecular flexibility index (Phi) is 3.82. The van der Waals surface area contributed by atoms with Crippen LogP contribution >= 0.6 is 0 Å². The van der Waals surface area contributed by atoms with Crippen LogP contribution in [-0.2, 0) is 14.3 Å². The Balaban J connectivity index is 2.25. The summed E-state index contributed by atoms with van der Waals surface area (Å²) in [4.78, 5) is 25.1. The first-order chi connectivity index (χ1) is 9.13. The number of amides is 1. The quantitative estimate of drug-likeness (QED) is 0.490. The van der Waals surface area contributed by atoms with Gasteiger partial charge in [0.1, 0.15) is 5.69 Å². The lowest BCUT2D eigenvalue weighted by molar-refractivity contribution is -0.105. The number of benzene rings is 1. The monoisotopic (exact) mass is 262 g/mol. The van der Waals surface area contributed by atoms with E-state index in [0.717, 1.165) is 10.9 Å². The van der Waals surface area contributed by atoms with Gasteiger partial charge in [-0.15, -0.1) is 0 Å². The van der Waals surface area contributed by atoms with Gasteiger partial charge in [0.15, 0.2) is 6.29 Å². The maximum atomic E-state index is 11.8. The van der Waals surface area contributed by atoms with Crippen molar-refractivity contribution < 1.29 is 19.1 Å². The highest BCUT2D eigenvalue weighted by molar-refractivity contribution is 5.96. The van der Waals surface area contributed by atoms with Gasteiger partial charge < -0.3 is 19.8 Å². The predicted molar refractivity (Wildman–Crippen MR) is 69.9 cm³/mol. The van der Waals surface area contributed by atoms with Gasteiger partial charge in [-0.05, 0) is 31.2 Å². The van der Waals surface area contributed by atoms with Gasteiger partial charge in [0, 0.05) is 23.7 Å². The van der Waals surface area contributed by atoms with E-state index >= 15 is 0 Å². The van der Waals surface area contributed by atoms with Gasteiger partial charge >= 0.3 is 5.97 Å². The summed E-state index contributed by atoms with van der Waals surface area (Å²) in [6, 6.07) is 6.94. The van der Waals surface area contributed by atoms with Crippen molar-refractivity contribution in [2.75, 3.05) is 12.4 Å². The Morgan fingerprint density at radius 2 is 2.21 bits per heavy atom. The molecule has 0 aliphatic heterocycles. The zero-order valence-corrected chi connectivity index (χ0v) is 10.6. The lowest BCUT2D eigenvalue weighted by Crippen LogP contribution is -2.16. The van der Waals surface area contributed by atoms with Gasteiger partial charge in [0.25, 0.3) is 0 Å². The van der Waals surface area contributed by atoms with Gasteiger partial charge in [-0.25, -0.2) is 4.79 Å². The smallest absolute Gasteiger partial charge is 0.357 e. The Morgan fingerprint density at radius 1 is 1.42 bits per heavy atom. The third-order valence-corrected chi connectivity index (χ3v) is 2.67. The summed E-state index contributed by atoms with van der Waals surface area (Å²) in [5, 5.41) is 3.36. The van der Waals surface area contributed by atoms with Crippen LogP contribution in [0.1, 0.15) is 17.4 Å². The van der Waals surface area contributed by atoms with Crippen LogP contribution in [-0.4, -0.2) is 30.8 Å². The normalized spacial score (nSPS) is 12.1. The van der Waals surface area contributed by atoms with E-state index in [0.29, 0.717) is 17.8 Å². The summed E-state index contributed by atoms with van der Waals surface area (Å²) < 4.78 is 9.89. The van der Waals surface area contributed by atoms with Gasteiger partial charge in [0.2, 0.25) is 6.41 Å². The standard InChI is InChI=1S/C13H14N2O4/c1-8(18-2)19-13(17)12-6-9-5-10(14-7-16)3-4-11(9)15-12/h3-8,15H,1-2H3,(H,14,16). The summed E-state index contributed by atoms with van der Waals surface area (Å²) in [7, 11) is 1.46. The molecule has 1 unspecified atom stereocenters. The molecule has 1 atom stereocenters. The molecule has 6 nitrogen and oxygen atoms in total. The van der Waals surface area contributed by atoms with Crippen LogP contribution in [0, 0.1) is 0 Å². The second-order valence-corrected chi connectivity index (χ2v) is 3.96. The number of aromatic amines is 1. The highest BCUT2D eigenvalue weighted by Crippen LogP contribution is 2.20. The second kappa shape index (κ2) is 5.53. The number of rotatable bonds is 5. The number of hydrogen-bond acceptors (Lipinski definition) is 4. The minimum absolute atomic E-state index is 0.335. The molecular formula is C13H14N2O4. The molecule has 0 aliphatic rings. The van der Waals surface area contributed by atoms with Crippen molar-refractivity contribution in [3.05, 3.63) is 30.0 Å². The number of methoxy groups -OCH3 is 1. The van der Waals surface area contributed by atoms with E-state index in [9.17, 15) is 9.59 Å². The van der Waals surface area contributed by atoms with E-state index < -0.39 is 12.3 Å². The molecule has 0 bridgehead atoms. The summed E-state index contributed by atoms with van der Waals surface area (Å²) in [5.74, 6) is -0.490. The van der Waals surface area contributed by atoms with Crippen molar-refractivity contribution in [3.63, 3.8) is 0 Å². The van der Waals surface area contributed by atoms with Crippen molar-refractivity contribution in [1.29, 1.82) is 0 Å². The molecule has 0 radical (unpaired) electrons. The molecule has 1 amide bonds. The van der Waals surface area contributed by atoms with Crippen LogP contribution < -0.4 is 5.32 Å². The zero-order valence-electron chi connectivity index (χ0n) is 10.6. The lowest BCUT2D eigenvalue weighted by atomic mass is 10.2. The summed E-state index contributed by atoms with van der Waals surface area (Å²) in [6.07, 6.45) is -0.00491. The minimum Gasteiger partial charge on any atom is -0.431 e. The lowest BCUT2D eigenvalue weighted by Gasteiger charge is -2.09. The third kappa shape index (κ3) is 2.92. The Hall–Kier alpha value is -2.34. The van der Waals surface area contributed by atoms with E-state index in [2.05, 4.69) is 10.3 Å². The molecule has 2 aromatic rings. The fourth-order valence-corrected chi connectivity index (χ4v) is 1.66. The van der Waals surface area contributed by atoms with E-state index in [4.69, 9.17) is 9.47 Å². The van der Waals surface area contributed by atoms with Crippen LogP contribution in [0.15, 0.2) is 24.3 Å². The number of ether oxygens (including phenoxy) is 2. The number of nitrogens with one attached hydrogen (secondary N) is 2. The third-order valence-electron chi connectivity index (χ3n) is 2.67. The van der Waals surface area contributed by atoms with Crippen molar-refractivity contribution in [2.45, 2.75) is 13.2 Å². The average Bonchev–Trinajstić information content (AvgIpc) is 2.82. The van der Waals surface area contributed by atoms with Gasteiger partial charge in [-0.3, -0.25) is 4.79 Å². The zero-order chi connectivity index (χ0) is 13.8. The first kappa shape index (κ1) is 13.1. The molecule has 19 heavy (non-hydrogen) atoms. The Bertz CT molecular complexity index is 606. The Labute approximate surface area is 109 Å². The SMILES string of the molecule is COC(C)OC(=O)c1cc2cc(NC=O)ccc2[nH]1. The van der Waals surface area contributed by atoms with Crippen LogP contribution in [0.4, 0.5) is 5.69 Å². The molecule has 2 rings (SSSR count). The van der Waals surface area contributed by atoms with E-state index in [1.807, 2.05) is 0 Å². The van der Waals surface area contributed by atoms with E-state index in [1.54, 1.807) is 31.2 Å². The number of hydrogen-bond donors (Lipinski definition) is 2. The van der Waals surface area contributed by atoms with Crippen molar-refractivity contribution >= 4 is 29.0 Å². The molecule has 2 N–H and O–H groups in total. The minimum atomic E-state index is -0.605. The highest BCUT2D eigenvalue weighted by Gasteiger charge is 2.14. The molecular weight excluding hydrogens is 248 g/mol. The number of carbonyl (C=O) groups is 2. The first-order valence-corrected chi connectivity index (χ1v) is 5.71. The summed E-state index contributed by atoms with van der Waals surface area (Å²) in [5.41, 5.74) is 1.78.